The fraction of sp³-hybridized carbons (Fsp3) is 0.318. The van der Waals surface area contributed by atoms with Crippen LogP contribution in [0.2, 0.25) is 10.0 Å². The molecule has 0 aromatic heterocycles. The van der Waals surface area contributed by atoms with Crippen molar-refractivity contribution in [2.24, 2.45) is 0 Å². The van der Waals surface area contributed by atoms with Gasteiger partial charge in [0.2, 0.25) is 5.91 Å². The minimum Gasteiger partial charge on any atom is -0.334 e. The van der Waals surface area contributed by atoms with Gasteiger partial charge in [0.05, 0.1) is 0 Å². The Labute approximate surface area is 184 Å². The molecule has 0 bridgehead atoms. The first-order chi connectivity index (χ1) is 14.3. The maximum absolute atomic E-state index is 13.2. The van der Waals surface area contributed by atoms with Crippen molar-refractivity contribution < 1.29 is 14.4 Å². The first kappa shape index (κ1) is 20.7. The van der Waals surface area contributed by atoms with Crippen LogP contribution in [0.25, 0.3) is 0 Å². The highest BCUT2D eigenvalue weighted by Crippen LogP contribution is 2.35. The molecule has 1 unspecified atom stereocenters. The average Bonchev–Trinajstić information content (AvgIpc) is 3.52. The van der Waals surface area contributed by atoms with Gasteiger partial charge in [-0.1, -0.05) is 59.6 Å². The van der Waals surface area contributed by atoms with E-state index in [2.05, 4.69) is 5.32 Å². The number of hydrogen-bond donors (Lipinski definition) is 1. The number of halogens is 2. The summed E-state index contributed by atoms with van der Waals surface area (Å²) in [6, 6.07) is 13.9. The summed E-state index contributed by atoms with van der Waals surface area (Å²) in [7, 11) is 0. The van der Waals surface area contributed by atoms with Crippen LogP contribution in [0.5, 0.6) is 0 Å². The summed E-state index contributed by atoms with van der Waals surface area (Å²) >= 11 is 12.2. The van der Waals surface area contributed by atoms with Gasteiger partial charge in [0.1, 0.15) is 12.1 Å². The van der Waals surface area contributed by atoms with E-state index in [4.69, 9.17) is 23.2 Å². The maximum Gasteiger partial charge on any atom is 0.325 e. The van der Waals surface area contributed by atoms with Crippen molar-refractivity contribution in [1.29, 1.82) is 0 Å². The first-order valence-electron chi connectivity index (χ1n) is 9.72. The molecule has 0 radical (unpaired) electrons. The Bertz CT molecular complexity index is 1010. The van der Waals surface area contributed by atoms with Crippen LogP contribution in [0.3, 0.4) is 0 Å². The van der Waals surface area contributed by atoms with Crippen molar-refractivity contribution in [2.75, 3.05) is 6.54 Å². The highest BCUT2D eigenvalue weighted by molar-refractivity contribution is 6.35. The Morgan fingerprint density at radius 1 is 1.17 bits per heavy atom. The molecule has 0 spiro atoms. The third kappa shape index (κ3) is 3.89. The van der Waals surface area contributed by atoms with Gasteiger partial charge in [-0.2, -0.15) is 0 Å². The maximum atomic E-state index is 13.2. The van der Waals surface area contributed by atoms with Gasteiger partial charge in [0.15, 0.2) is 0 Å². The van der Waals surface area contributed by atoms with E-state index in [1.165, 1.54) is 6.07 Å². The van der Waals surface area contributed by atoms with E-state index in [-0.39, 0.29) is 23.5 Å². The van der Waals surface area contributed by atoms with Crippen LogP contribution in [-0.2, 0) is 21.7 Å². The Kier molecular flexibility index (Phi) is 5.47. The standard InChI is InChI=1S/C22H21Cl2N3O3/c1-22(17-10-7-15(23)11-18(17)24)20(29)27(21(30)25-22)13-19(28)26(16-8-9-16)12-14-5-3-2-4-6-14/h2-7,10-11,16H,8-9,12-13H2,1H3,(H,25,30). The molecule has 1 atom stereocenters. The van der Waals surface area contributed by atoms with E-state index in [1.54, 1.807) is 24.0 Å². The summed E-state index contributed by atoms with van der Waals surface area (Å²) in [5.41, 5.74) is 0.0843. The predicted molar refractivity (Wildman–Crippen MR) is 114 cm³/mol. The second-order valence-electron chi connectivity index (χ2n) is 7.81. The quantitative estimate of drug-likeness (QED) is 0.684. The number of amides is 4. The molecule has 2 fully saturated rings. The summed E-state index contributed by atoms with van der Waals surface area (Å²) in [6.07, 6.45) is 1.85. The molecule has 8 heteroatoms. The van der Waals surface area contributed by atoms with Gasteiger partial charge in [-0.05, 0) is 37.5 Å². The number of imide groups is 1. The molecule has 2 aromatic rings. The van der Waals surface area contributed by atoms with Gasteiger partial charge >= 0.3 is 6.03 Å². The van der Waals surface area contributed by atoms with Crippen LogP contribution in [0.4, 0.5) is 4.79 Å². The highest BCUT2D eigenvalue weighted by Gasteiger charge is 2.51. The molecule has 1 N–H and O–H groups in total. The Hall–Kier alpha value is -2.57. The molecular formula is C22H21Cl2N3O3. The number of nitrogens with one attached hydrogen (secondary N) is 1. The topological polar surface area (TPSA) is 69.7 Å². The SMILES string of the molecule is CC1(c2ccc(Cl)cc2Cl)NC(=O)N(CC(=O)N(Cc2ccccc2)C2CC2)C1=O. The van der Waals surface area contributed by atoms with Crippen LogP contribution in [0, 0.1) is 0 Å². The zero-order chi connectivity index (χ0) is 21.5. The van der Waals surface area contributed by atoms with Gasteiger partial charge in [0.25, 0.3) is 5.91 Å². The Balaban J connectivity index is 1.53. The lowest BCUT2D eigenvalue weighted by atomic mass is 9.92. The lowest BCUT2D eigenvalue weighted by Crippen LogP contribution is -2.45. The minimum atomic E-state index is -1.36. The molecule has 1 aliphatic heterocycles. The van der Waals surface area contributed by atoms with Crippen LogP contribution >= 0.6 is 23.2 Å². The molecule has 6 nitrogen and oxygen atoms in total. The van der Waals surface area contributed by atoms with Crippen molar-refractivity contribution in [1.82, 2.24) is 15.1 Å². The highest BCUT2D eigenvalue weighted by atomic mass is 35.5. The second kappa shape index (κ2) is 7.93. The van der Waals surface area contributed by atoms with Crippen molar-refractivity contribution >= 4 is 41.0 Å². The predicted octanol–water partition coefficient (Wildman–Crippen LogP) is 3.95. The number of benzene rings is 2. The van der Waals surface area contributed by atoms with Crippen LogP contribution in [0.1, 0.15) is 30.9 Å². The number of rotatable bonds is 6. The lowest BCUT2D eigenvalue weighted by molar-refractivity contribution is -0.139. The second-order valence-corrected chi connectivity index (χ2v) is 8.65. The molecule has 4 amide bonds. The first-order valence-corrected chi connectivity index (χ1v) is 10.5. The van der Waals surface area contributed by atoms with Crippen LogP contribution in [-0.4, -0.2) is 40.2 Å². The van der Waals surface area contributed by atoms with Gasteiger partial charge in [-0.25, -0.2) is 4.79 Å². The number of hydrogen-bond acceptors (Lipinski definition) is 3. The van der Waals surface area contributed by atoms with Crippen LogP contribution in [0.15, 0.2) is 48.5 Å². The molecule has 156 valence electrons. The van der Waals surface area contributed by atoms with E-state index in [1.807, 2.05) is 30.3 Å². The fourth-order valence-electron chi connectivity index (χ4n) is 3.73. The average molecular weight is 446 g/mol. The molecule has 4 rings (SSSR count). The van der Waals surface area contributed by atoms with Crippen molar-refractivity contribution in [3.05, 3.63) is 69.7 Å². The smallest absolute Gasteiger partial charge is 0.325 e. The molecule has 2 aromatic carbocycles. The third-order valence-corrected chi connectivity index (χ3v) is 6.09. The number of carbonyl (C=O) groups excluding carboxylic acids is 3. The van der Waals surface area contributed by atoms with Crippen molar-refractivity contribution in [3.63, 3.8) is 0 Å². The minimum absolute atomic E-state index is 0.149. The van der Waals surface area contributed by atoms with Gasteiger partial charge in [-0.3, -0.25) is 14.5 Å². The summed E-state index contributed by atoms with van der Waals surface area (Å²) in [6.45, 7) is 1.72. The molecule has 1 saturated heterocycles. The third-order valence-electron chi connectivity index (χ3n) is 5.54. The summed E-state index contributed by atoms with van der Waals surface area (Å²) in [4.78, 5) is 41.5. The van der Waals surface area contributed by atoms with Crippen LogP contribution < -0.4 is 5.32 Å². The Morgan fingerprint density at radius 2 is 1.87 bits per heavy atom. The van der Waals surface area contributed by atoms with Crippen molar-refractivity contribution in [3.8, 4) is 0 Å². The van der Waals surface area contributed by atoms with Gasteiger partial charge < -0.3 is 10.2 Å². The summed E-state index contributed by atoms with van der Waals surface area (Å²) in [5, 5.41) is 3.39. The number of urea groups is 1. The fourth-order valence-corrected chi connectivity index (χ4v) is 4.33. The largest absolute Gasteiger partial charge is 0.334 e. The molecule has 1 heterocycles. The zero-order valence-electron chi connectivity index (χ0n) is 16.4. The molecule has 2 aliphatic rings. The molecule has 1 aliphatic carbocycles. The van der Waals surface area contributed by atoms with Gasteiger partial charge in [0, 0.05) is 28.2 Å². The van der Waals surface area contributed by atoms with Gasteiger partial charge in [-0.15, -0.1) is 0 Å². The molecule has 1 saturated carbocycles. The number of nitrogens with zero attached hydrogens (tertiary/aromatic N) is 2. The van der Waals surface area contributed by atoms with E-state index in [0.717, 1.165) is 23.3 Å². The van der Waals surface area contributed by atoms with E-state index >= 15 is 0 Å². The summed E-state index contributed by atoms with van der Waals surface area (Å²) in [5.74, 6) is -0.767. The normalized spacial score (nSPS) is 21.0. The monoisotopic (exact) mass is 445 g/mol. The lowest BCUT2D eigenvalue weighted by Gasteiger charge is -2.26. The summed E-state index contributed by atoms with van der Waals surface area (Å²) < 4.78 is 0. The molecular weight excluding hydrogens is 425 g/mol. The van der Waals surface area contributed by atoms with E-state index in [0.29, 0.717) is 17.1 Å². The van der Waals surface area contributed by atoms with E-state index < -0.39 is 17.5 Å². The molecule has 30 heavy (non-hydrogen) atoms. The zero-order valence-corrected chi connectivity index (χ0v) is 17.9. The van der Waals surface area contributed by atoms with E-state index in [9.17, 15) is 14.4 Å². The van der Waals surface area contributed by atoms with Crippen molar-refractivity contribution in [2.45, 2.75) is 37.9 Å². The number of carbonyl (C=O) groups is 3. The Morgan fingerprint density at radius 3 is 2.50 bits per heavy atom.